The van der Waals surface area contributed by atoms with Crippen LogP contribution in [0.25, 0.3) is 11.1 Å². The summed E-state index contributed by atoms with van der Waals surface area (Å²) in [5, 5.41) is 11.9. The number of nitrogens with one attached hydrogen (secondary N) is 1. The van der Waals surface area contributed by atoms with Crippen LogP contribution in [0.3, 0.4) is 0 Å². The van der Waals surface area contributed by atoms with Crippen LogP contribution in [0.1, 0.15) is 23.5 Å². The van der Waals surface area contributed by atoms with Gasteiger partial charge in [0, 0.05) is 19.5 Å². The van der Waals surface area contributed by atoms with Gasteiger partial charge in [0.1, 0.15) is 12.5 Å². The summed E-state index contributed by atoms with van der Waals surface area (Å²) in [6, 6.07) is 15.8. The third-order valence-electron chi connectivity index (χ3n) is 6.58. The molecule has 0 aromatic heterocycles. The Morgan fingerprint density at radius 3 is 2.34 bits per heavy atom. The number of hydrogen-bond donors (Lipinski definition) is 2. The maximum atomic E-state index is 12.3. The first-order chi connectivity index (χ1) is 17.0. The fraction of sp³-hybridized carbons (Fsp3) is 0.423. The fourth-order valence-corrected chi connectivity index (χ4v) is 4.66. The quantitative estimate of drug-likeness (QED) is 0.500. The van der Waals surface area contributed by atoms with E-state index in [-0.39, 0.29) is 57.8 Å². The summed E-state index contributed by atoms with van der Waals surface area (Å²) < 4.78 is 16.1. The van der Waals surface area contributed by atoms with Gasteiger partial charge >= 0.3 is 12.1 Å². The standard InChI is InChI=1S/C26H30N2O7/c1-28(23-16-34-14-22(23)25(30)31)24(29)10-12-33-13-11-27-26(32)35-15-21-19-8-4-2-6-17(19)18-7-3-5-9-20(18)21/h2-9,21-23H,10-16H2,1H3,(H,27,32)(H,30,31). The molecule has 1 aliphatic heterocycles. The van der Waals surface area contributed by atoms with Gasteiger partial charge in [-0.15, -0.1) is 0 Å². The number of fused-ring (bicyclic) bond motifs is 3. The molecule has 9 nitrogen and oxygen atoms in total. The number of ether oxygens (including phenoxy) is 3. The van der Waals surface area contributed by atoms with Crippen molar-refractivity contribution in [2.24, 2.45) is 5.92 Å². The molecule has 0 radical (unpaired) electrons. The van der Waals surface area contributed by atoms with Gasteiger partial charge in [0.15, 0.2) is 0 Å². The number of hydrogen-bond acceptors (Lipinski definition) is 6. The molecule has 186 valence electrons. The van der Waals surface area contributed by atoms with E-state index >= 15 is 0 Å². The SMILES string of the molecule is CN(C(=O)CCOCCNC(=O)OCC1c2ccccc2-c2ccccc21)C1COCC1C(=O)O. The van der Waals surface area contributed by atoms with E-state index in [1.165, 1.54) is 16.0 Å². The summed E-state index contributed by atoms with van der Waals surface area (Å²) in [6.07, 6.45) is -0.406. The van der Waals surface area contributed by atoms with Gasteiger partial charge in [-0.1, -0.05) is 48.5 Å². The number of amides is 2. The van der Waals surface area contributed by atoms with Gasteiger partial charge in [-0.3, -0.25) is 9.59 Å². The van der Waals surface area contributed by atoms with Crippen LogP contribution in [0, 0.1) is 5.92 Å². The Labute approximate surface area is 204 Å². The highest BCUT2D eigenvalue weighted by molar-refractivity contribution is 5.79. The Balaban J connectivity index is 1.14. The van der Waals surface area contributed by atoms with Crippen LogP contribution in [0.2, 0.25) is 0 Å². The number of rotatable bonds is 10. The number of likely N-dealkylation sites (N-methyl/N-ethyl adjacent to an activating group) is 1. The maximum Gasteiger partial charge on any atom is 0.407 e. The van der Waals surface area contributed by atoms with Gasteiger partial charge < -0.3 is 29.5 Å². The lowest BCUT2D eigenvalue weighted by Crippen LogP contribution is -2.44. The molecule has 2 amide bonds. The first kappa shape index (κ1) is 24.7. The van der Waals surface area contributed by atoms with E-state index in [1.807, 2.05) is 24.3 Å². The van der Waals surface area contributed by atoms with Crippen LogP contribution in [-0.2, 0) is 23.8 Å². The number of carboxylic acid groups (broad SMARTS) is 1. The Morgan fingerprint density at radius 1 is 1.03 bits per heavy atom. The monoisotopic (exact) mass is 482 g/mol. The minimum Gasteiger partial charge on any atom is -0.481 e. The average molecular weight is 483 g/mol. The molecule has 4 rings (SSSR count). The third kappa shape index (κ3) is 5.63. The molecule has 2 aromatic rings. The first-order valence-electron chi connectivity index (χ1n) is 11.7. The van der Waals surface area contributed by atoms with Crippen molar-refractivity contribution in [2.75, 3.05) is 46.6 Å². The molecule has 1 heterocycles. The van der Waals surface area contributed by atoms with Crippen LogP contribution in [0.15, 0.2) is 48.5 Å². The van der Waals surface area contributed by atoms with E-state index in [4.69, 9.17) is 14.2 Å². The van der Waals surface area contributed by atoms with Gasteiger partial charge in [-0.05, 0) is 22.3 Å². The van der Waals surface area contributed by atoms with Crippen molar-refractivity contribution in [3.05, 3.63) is 59.7 Å². The summed E-state index contributed by atoms with van der Waals surface area (Å²) in [7, 11) is 1.58. The van der Waals surface area contributed by atoms with Crippen molar-refractivity contribution in [3.63, 3.8) is 0 Å². The second kappa shape index (κ2) is 11.3. The lowest BCUT2D eigenvalue weighted by Gasteiger charge is -2.26. The lowest BCUT2D eigenvalue weighted by molar-refractivity contribution is -0.144. The second-order valence-corrected chi connectivity index (χ2v) is 8.67. The molecule has 1 aliphatic carbocycles. The number of carboxylic acids is 1. The van der Waals surface area contributed by atoms with Crippen molar-refractivity contribution in [3.8, 4) is 11.1 Å². The largest absolute Gasteiger partial charge is 0.481 e. The summed E-state index contributed by atoms with van der Waals surface area (Å²) in [5.74, 6) is -1.90. The zero-order chi connectivity index (χ0) is 24.8. The van der Waals surface area contributed by atoms with E-state index in [0.717, 1.165) is 11.1 Å². The van der Waals surface area contributed by atoms with E-state index < -0.39 is 24.0 Å². The molecule has 1 saturated heterocycles. The molecule has 2 aliphatic rings. The Morgan fingerprint density at radius 2 is 1.69 bits per heavy atom. The number of carbonyl (C=O) groups excluding carboxylic acids is 2. The van der Waals surface area contributed by atoms with E-state index in [0.29, 0.717) is 0 Å². The van der Waals surface area contributed by atoms with Crippen LogP contribution < -0.4 is 5.32 Å². The average Bonchev–Trinajstić information content (AvgIpc) is 3.48. The zero-order valence-corrected chi connectivity index (χ0v) is 19.6. The van der Waals surface area contributed by atoms with Gasteiger partial charge in [-0.25, -0.2) is 4.79 Å². The lowest BCUT2D eigenvalue weighted by atomic mass is 9.98. The Bertz CT molecular complexity index is 1030. The molecule has 2 aromatic carbocycles. The smallest absolute Gasteiger partial charge is 0.407 e. The van der Waals surface area contributed by atoms with Gasteiger partial charge in [0.2, 0.25) is 5.91 Å². The predicted molar refractivity (Wildman–Crippen MR) is 127 cm³/mol. The second-order valence-electron chi connectivity index (χ2n) is 8.67. The van der Waals surface area contributed by atoms with Crippen molar-refractivity contribution < 1.29 is 33.7 Å². The molecule has 9 heteroatoms. The van der Waals surface area contributed by atoms with Gasteiger partial charge in [0.05, 0.1) is 38.9 Å². The van der Waals surface area contributed by atoms with Crippen molar-refractivity contribution >= 4 is 18.0 Å². The van der Waals surface area contributed by atoms with E-state index in [2.05, 4.69) is 29.6 Å². The summed E-state index contributed by atoms with van der Waals surface area (Å²) >= 11 is 0. The molecule has 1 fully saturated rings. The highest BCUT2D eigenvalue weighted by atomic mass is 16.5. The summed E-state index contributed by atoms with van der Waals surface area (Å²) in [6.45, 7) is 1.20. The highest BCUT2D eigenvalue weighted by Gasteiger charge is 2.38. The normalized spacial score (nSPS) is 18.5. The molecule has 0 bridgehead atoms. The minimum atomic E-state index is -0.970. The van der Waals surface area contributed by atoms with Crippen molar-refractivity contribution in [2.45, 2.75) is 18.4 Å². The summed E-state index contributed by atoms with van der Waals surface area (Å²) in [5.41, 5.74) is 4.64. The molecular formula is C26H30N2O7. The third-order valence-corrected chi connectivity index (χ3v) is 6.58. The van der Waals surface area contributed by atoms with E-state index in [1.54, 1.807) is 7.05 Å². The molecule has 2 unspecified atom stereocenters. The molecule has 2 atom stereocenters. The topological polar surface area (TPSA) is 114 Å². The van der Waals surface area contributed by atoms with Gasteiger partial charge in [0.25, 0.3) is 0 Å². The Hall–Kier alpha value is -3.43. The number of aliphatic carboxylic acids is 1. The van der Waals surface area contributed by atoms with Gasteiger partial charge in [-0.2, -0.15) is 0 Å². The van der Waals surface area contributed by atoms with Crippen LogP contribution in [-0.4, -0.2) is 80.6 Å². The number of nitrogens with zero attached hydrogens (tertiary/aromatic N) is 1. The molecule has 0 spiro atoms. The van der Waals surface area contributed by atoms with Crippen LogP contribution >= 0.6 is 0 Å². The number of benzene rings is 2. The Kier molecular flexibility index (Phi) is 7.99. The predicted octanol–water partition coefficient (Wildman–Crippen LogP) is 2.49. The zero-order valence-electron chi connectivity index (χ0n) is 19.6. The minimum absolute atomic E-state index is 0.00149. The molecule has 2 N–H and O–H groups in total. The van der Waals surface area contributed by atoms with Crippen molar-refractivity contribution in [1.29, 1.82) is 0 Å². The summed E-state index contributed by atoms with van der Waals surface area (Å²) in [4.78, 5) is 37.2. The maximum absolute atomic E-state index is 12.3. The molecule has 35 heavy (non-hydrogen) atoms. The number of alkyl carbamates (subject to hydrolysis) is 1. The van der Waals surface area contributed by atoms with E-state index in [9.17, 15) is 19.5 Å². The van der Waals surface area contributed by atoms with Crippen molar-refractivity contribution in [1.82, 2.24) is 10.2 Å². The first-order valence-corrected chi connectivity index (χ1v) is 11.7. The molecular weight excluding hydrogens is 452 g/mol. The number of carbonyl (C=O) groups is 3. The fourth-order valence-electron chi connectivity index (χ4n) is 4.66. The van der Waals surface area contributed by atoms with Crippen LogP contribution in [0.5, 0.6) is 0 Å². The van der Waals surface area contributed by atoms with Crippen LogP contribution in [0.4, 0.5) is 4.79 Å². The molecule has 0 saturated carbocycles. The highest BCUT2D eigenvalue weighted by Crippen LogP contribution is 2.44.